The van der Waals surface area contributed by atoms with Crippen LogP contribution in [0.25, 0.3) is 0 Å². The summed E-state index contributed by atoms with van der Waals surface area (Å²) in [5.74, 6) is -1.84. The van der Waals surface area contributed by atoms with E-state index >= 15 is 0 Å². The van der Waals surface area contributed by atoms with Gasteiger partial charge in [0, 0.05) is 19.0 Å². The van der Waals surface area contributed by atoms with Crippen molar-refractivity contribution >= 4 is 23.7 Å². The number of aliphatic hydroxyl groups excluding tert-OH is 3. The number of likely N-dealkylation sites (tertiary alicyclic amines) is 2. The Labute approximate surface area is 251 Å². The van der Waals surface area contributed by atoms with Gasteiger partial charge < -0.3 is 46.6 Å². The van der Waals surface area contributed by atoms with Gasteiger partial charge in [-0.15, -0.1) is 0 Å². The van der Waals surface area contributed by atoms with Crippen molar-refractivity contribution in [1.29, 1.82) is 5.41 Å². The molecule has 0 bridgehead atoms. The first-order valence-corrected chi connectivity index (χ1v) is 15.2. The summed E-state index contributed by atoms with van der Waals surface area (Å²) >= 11 is 0. The van der Waals surface area contributed by atoms with E-state index in [1.807, 2.05) is 13.8 Å². The number of piperidine rings is 1. The molecule has 1 aliphatic carbocycles. The third kappa shape index (κ3) is 7.76. The Morgan fingerprint density at radius 3 is 2.44 bits per heavy atom. The van der Waals surface area contributed by atoms with Crippen LogP contribution in [0.2, 0.25) is 0 Å². The number of phenols is 1. The van der Waals surface area contributed by atoms with E-state index in [9.17, 15) is 34.8 Å². The highest BCUT2D eigenvalue weighted by Gasteiger charge is 2.51. The molecule has 238 valence electrons. The average Bonchev–Trinajstić information content (AvgIpc) is 3.32. The number of aliphatic hydroxyl groups is 3. The second-order valence-electron chi connectivity index (χ2n) is 12.6. The molecule has 43 heavy (non-hydrogen) atoms. The van der Waals surface area contributed by atoms with Crippen LogP contribution in [0.3, 0.4) is 0 Å². The van der Waals surface area contributed by atoms with Crippen molar-refractivity contribution in [3.05, 3.63) is 29.8 Å². The molecule has 2 heterocycles. The van der Waals surface area contributed by atoms with E-state index in [1.165, 1.54) is 21.9 Å². The van der Waals surface area contributed by atoms with Crippen LogP contribution in [0.4, 0.5) is 0 Å². The summed E-state index contributed by atoms with van der Waals surface area (Å²) in [6, 6.07) is 3.16. The van der Waals surface area contributed by atoms with E-state index in [4.69, 9.17) is 11.1 Å². The number of aromatic hydroxyl groups is 1. The third-order valence-corrected chi connectivity index (χ3v) is 8.92. The van der Waals surface area contributed by atoms with Gasteiger partial charge in [-0.05, 0) is 74.5 Å². The molecule has 0 unspecified atom stereocenters. The van der Waals surface area contributed by atoms with E-state index in [0.29, 0.717) is 50.6 Å². The van der Waals surface area contributed by atoms with Crippen LogP contribution in [0.5, 0.6) is 5.75 Å². The summed E-state index contributed by atoms with van der Waals surface area (Å²) in [7, 11) is 0. The minimum Gasteiger partial charge on any atom is -0.508 e. The van der Waals surface area contributed by atoms with Gasteiger partial charge in [0.1, 0.15) is 30.2 Å². The number of nitrogens with zero attached hydrogens (tertiary/aromatic N) is 2. The van der Waals surface area contributed by atoms with Crippen molar-refractivity contribution in [3.8, 4) is 5.75 Å². The standard InChI is InChI=1S/C30H46N6O7/c1-16(2)12-22(34-27(41)25(39)13-17-5-8-19(37)9-6-17)29(43)36-23-15-20(38)10-7-18(23)14-24(36)26(40)33-21-4-3-11-35(28(21)42)30(31)32/h5-6,8-9,16,18,20-25,28,37-39,42H,3-4,7,10-15H2,1-2H3,(H3,31,32)(H,33,40)(H,34,41)/t18-,20+,21-,22-,23-,24+,25+,28+/m0/s1. The summed E-state index contributed by atoms with van der Waals surface area (Å²) in [5, 5.41) is 54.7. The van der Waals surface area contributed by atoms with Crippen molar-refractivity contribution in [2.45, 2.75) is 108 Å². The van der Waals surface area contributed by atoms with Crippen molar-refractivity contribution in [3.63, 3.8) is 0 Å². The Bertz CT molecular complexity index is 1160. The molecular weight excluding hydrogens is 556 g/mol. The van der Waals surface area contributed by atoms with Gasteiger partial charge in [-0.25, -0.2) is 0 Å². The second-order valence-corrected chi connectivity index (χ2v) is 12.6. The zero-order valence-corrected chi connectivity index (χ0v) is 24.9. The summed E-state index contributed by atoms with van der Waals surface area (Å²) in [6.45, 7) is 4.21. The largest absolute Gasteiger partial charge is 0.508 e. The highest BCUT2D eigenvalue weighted by molar-refractivity contribution is 5.94. The van der Waals surface area contributed by atoms with Crippen LogP contribution in [-0.2, 0) is 20.8 Å². The molecule has 3 amide bonds. The Morgan fingerprint density at radius 1 is 1.09 bits per heavy atom. The molecule has 1 aromatic rings. The van der Waals surface area contributed by atoms with Crippen molar-refractivity contribution < 1.29 is 34.8 Å². The SMILES string of the molecule is CC(C)C[C@H](NC(=O)[C@H](O)Cc1ccc(O)cc1)C(=O)N1[C@@H](C(=O)N[C@H]2CCCN(C(=N)N)[C@@H]2O)C[C@@H]2CC[C@@H](O)C[C@@H]21. The minimum absolute atomic E-state index is 0.000985. The fraction of sp³-hybridized carbons (Fsp3) is 0.667. The Kier molecular flexibility index (Phi) is 10.5. The van der Waals surface area contributed by atoms with E-state index < -0.39 is 60.3 Å². The van der Waals surface area contributed by atoms with E-state index in [2.05, 4.69) is 10.6 Å². The zero-order chi connectivity index (χ0) is 31.4. The number of rotatable bonds is 9. The molecule has 0 spiro atoms. The smallest absolute Gasteiger partial charge is 0.249 e. The van der Waals surface area contributed by atoms with Crippen molar-refractivity contribution in [1.82, 2.24) is 20.4 Å². The van der Waals surface area contributed by atoms with Gasteiger partial charge in [-0.2, -0.15) is 0 Å². The van der Waals surface area contributed by atoms with Gasteiger partial charge in [0.25, 0.3) is 0 Å². The summed E-state index contributed by atoms with van der Waals surface area (Å²) < 4.78 is 0. The number of carbonyl (C=O) groups is 3. The maximum atomic E-state index is 14.2. The first-order valence-electron chi connectivity index (χ1n) is 15.2. The molecule has 8 atom stereocenters. The van der Waals surface area contributed by atoms with Crippen molar-refractivity contribution in [2.24, 2.45) is 17.6 Å². The predicted octanol–water partition coefficient (Wildman–Crippen LogP) is -0.251. The summed E-state index contributed by atoms with van der Waals surface area (Å²) in [6.07, 6.45) is 0.0490. The number of guanidine groups is 1. The lowest BCUT2D eigenvalue weighted by atomic mass is 9.83. The van der Waals surface area contributed by atoms with Gasteiger partial charge in [0.05, 0.1) is 12.1 Å². The van der Waals surface area contributed by atoms with Gasteiger partial charge in [-0.1, -0.05) is 26.0 Å². The molecule has 13 nitrogen and oxygen atoms in total. The number of fused-ring (bicyclic) bond motifs is 1. The number of hydrogen-bond acceptors (Lipinski definition) is 8. The zero-order valence-electron chi connectivity index (χ0n) is 24.9. The van der Waals surface area contributed by atoms with Crippen LogP contribution < -0.4 is 16.4 Å². The lowest BCUT2D eigenvalue weighted by molar-refractivity contribution is -0.146. The van der Waals surface area contributed by atoms with E-state index in [-0.39, 0.29) is 36.4 Å². The highest BCUT2D eigenvalue weighted by atomic mass is 16.3. The molecule has 0 aromatic heterocycles. The van der Waals surface area contributed by atoms with Crippen molar-refractivity contribution in [2.75, 3.05) is 6.54 Å². The molecule has 0 radical (unpaired) electrons. The quantitative estimate of drug-likeness (QED) is 0.138. The molecule has 1 aromatic carbocycles. The van der Waals surface area contributed by atoms with E-state index in [1.54, 1.807) is 12.1 Å². The maximum absolute atomic E-state index is 14.2. The normalized spacial score (nSPS) is 28.6. The third-order valence-electron chi connectivity index (χ3n) is 8.92. The number of carbonyl (C=O) groups excluding carboxylic acids is 3. The fourth-order valence-electron chi connectivity index (χ4n) is 6.74. The van der Waals surface area contributed by atoms with Gasteiger partial charge in [-0.3, -0.25) is 19.8 Å². The summed E-state index contributed by atoms with van der Waals surface area (Å²) in [5.41, 5.74) is 6.24. The monoisotopic (exact) mass is 602 g/mol. The maximum Gasteiger partial charge on any atom is 0.249 e. The van der Waals surface area contributed by atoms with E-state index in [0.717, 1.165) is 0 Å². The number of phenolic OH excluding ortho intramolecular Hbond substituents is 1. The van der Waals surface area contributed by atoms with Crippen LogP contribution in [0.15, 0.2) is 24.3 Å². The number of nitrogens with one attached hydrogen (secondary N) is 3. The van der Waals surface area contributed by atoms with Crippen LogP contribution in [0, 0.1) is 17.2 Å². The average molecular weight is 603 g/mol. The number of hydrogen-bond donors (Lipinski definition) is 8. The number of nitrogens with two attached hydrogens (primary N) is 1. The number of amides is 3. The molecule has 9 N–H and O–H groups in total. The minimum atomic E-state index is -1.44. The Morgan fingerprint density at radius 2 is 1.79 bits per heavy atom. The fourth-order valence-corrected chi connectivity index (χ4v) is 6.74. The van der Waals surface area contributed by atoms with Crippen LogP contribution >= 0.6 is 0 Å². The van der Waals surface area contributed by atoms with Gasteiger partial charge in [0.2, 0.25) is 17.7 Å². The Hall–Kier alpha value is -3.42. The molecule has 2 saturated heterocycles. The van der Waals surface area contributed by atoms with Crippen LogP contribution in [-0.4, -0.2) is 103 Å². The van der Waals surface area contributed by atoms with Gasteiger partial charge >= 0.3 is 0 Å². The molecule has 3 fully saturated rings. The lowest BCUT2D eigenvalue weighted by Gasteiger charge is -2.40. The molecule has 13 heteroatoms. The topological polar surface area (TPSA) is 213 Å². The molecule has 2 aliphatic heterocycles. The number of benzene rings is 1. The Balaban J connectivity index is 1.53. The molecule has 4 rings (SSSR count). The lowest BCUT2D eigenvalue weighted by Crippen LogP contribution is -2.62. The first kappa shape index (κ1) is 32.5. The second kappa shape index (κ2) is 13.9. The van der Waals surface area contributed by atoms with Crippen LogP contribution in [0.1, 0.15) is 64.4 Å². The molecular formula is C30H46N6O7. The predicted molar refractivity (Wildman–Crippen MR) is 157 cm³/mol. The summed E-state index contributed by atoms with van der Waals surface area (Å²) in [4.78, 5) is 43.9. The van der Waals surface area contributed by atoms with Gasteiger partial charge in [0.15, 0.2) is 5.96 Å². The first-order chi connectivity index (χ1) is 20.3. The molecule has 1 saturated carbocycles. The highest BCUT2D eigenvalue weighted by Crippen LogP contribution is 2.40. The molecule has 3 aliphatic rings.